The number of furan rings is 1. The molecular weight excluding hydrogens is 753 g/mol. The van der Waals surface area contributed by atoms with Crippen molar-refractivity contribution in [2.24, 2.45) is 0 Å². The van der Waals surface area contributed by atoms with Gasteiger partial charge in [-0.05, 0) is 92.0 Å². The van der Waals surface area contributed by atoms with E-state index in [4.69, 9.17) is 14.4 Å². The van der Waals surface area contributed by atoms with Crippen LogP contribution in [0.25, 0.3) is 89.2 Å². The van der Waals surface area contributed by atoms with Crippen LogP contribution in [0, 0.1) is 0 Å². The Bertz CT molecular complexity index is 3390. The average Bonchev–Trinajstić information content (AvgIpc) is 3.87. The third-order valence-electron chi connectivity index (χ3n) is 12.6. The molecule has 0 unspecified atom stereocenters. The summed E-state index contributed by atoms with van der Waals surface area (Å²) in [6.45, 7) is 0. The van der Waals surface area contributed by atoms with E-state index in [2.05, 4.69) is 206 Å². The normalized spacial score (nSPS) is 12.6. The quantitative estimate of drug-likeness (QED) is 0.161. The van der Waals surface area contributed by atoms with Crippen molar-refractivity contribution in [3.63, 3.8) is 0 Å². The molecule has 3 heteroatoms. The van der Waals surface area contributed by atoms with Gasteiger partial charge in [0.25, 0.3) is 0 Å². The van der Waals surface area contributed by atoms with Crippen LogP contribution in [0.3, 0.4) is 0 Å². The molecule has 0 spiro atoms. The van der Waals surface area contributed by atoms with E-state index >= 15 is 0 Å². The summed E-state index contributed by atoms with van der Waals surface area (Å²) in [5, 5.41) is 2.23. The van der Waals surface area contributed by atoms with Crippen LogP contribution >= 0.6 is 0 Å². The average molecular weight is 791 g/mol. The SMILES string of the molecule is c1ccc(-c2ccc3c(c2)oc2cc(-c4ccc(-c5cc(-c6ccc7c(c6)C(c6ccccc6)(c6ccccc6)c6ccccc6-7)nc(-c6ccccc6)n5)cc4)ccc23)cc1. The van der Waals surface area contributed by atoms with Gasteiger partial charge in [0.2, 0.25) is 0 Å². The van der Waals surface area contributed by atoms with Crippen LogP contribution in [-0.4, -0.2) is 9.97 Å². The van der Waals surface area contributed by atoms with Gasteiger partial charge in [0.15, 0.2) is 5.82 Å². The number of hydrogen-bond acceptors (Lipinski definition) is 3. The molecule has 0 aliphatic heterocycles. The fourth-order valence-corrected chi connectivity index (χ4v) is 9.66. The van der Waals surface area contributed by atoms with E-state index in [-0.39, 0.29) is 0 Å². The molecule has 3 nitrogen and oxygen atoms in total. The third-order valence-corrected chi connectivity index (χ3v) is 12.6. The summed E-state index contributed by atoms with van der Waals surface area (Å²) in [5.74, 6) is 0.689. The first-order chi connectivity index (χ1) is 30.7. The van der Waals surface area contributed by atoms with Gasteiger partial charge in [-0.1, -0.05) is 194 Å². The second kappa shape index (κ2) is 14.5. The zero-order valence-electron chi connectivity index (χ0n) is 33.7. The topological polar surface area (TPSA) is 38.9 Å². The minimum atomic E-state index is -0.505. The van der Waals surface area contributed by atoms with Crippen molar-refractivity contribution in [2.75, 3.05) is 0 Å². The van der Waals surface area contributed by atoms with Gasteiger partial charge in [0.1, 0.15) is 11.2 Å². The van der Waals surface area contributed by atoms with Crippen molar-refractivity contribution in [1.82, 2.24) is 9.97 Å². The van der Waals surface area contributed by atoms with E-state index in [1.807, 2.05) is 24.3 Å². The lowest BCUT2D eigenvalue weighted by Crippen LogP contribution is -2.28. The summed E-state index contributed by atoms with van der Waals surface area (Å²) in [7, 11) is 0. The van der Waals surface area contributed by atoms with Crippen LogP contribution in [0.2, 0.25) is 0 Å². The van der Waals surface area contributed by atoms with Gasteiger partial charge in [-0.15, -0.1) is 0 Å². The molecule has 0 radical (unpaired) electrons. The first-order valence-electron chi connectivity index (χ1n) is 21.1. The predicted molar refractivity (Wildman–Crippen MR) is 254 cm³/mol. The Hall–Kier alpha value is -8.14. The van der Waals surface area contributed by atoms with E-state index in [1.54, 1.807) is 0 Å². The molecule has 0 bridgehead atoms. The lowest BCUT2D eigenvalue weighted by atomic mass is 9.67. The highest BCUT2D eigenvalue weighted by molar-refractivity contribution is 6.07. The molecule has 2 heterocycles. The largest absolute Gasteiger partial charge is 0.456 e. The monoisotopic (exact) mass is 790 g/mol. The number of aromatic nitrogens is 2. The summed E-state index contributed by atoms with van der Waals surface area (Å²) >= 11 is 0. The van der Waals surface area contributed by atoms with E-state index in [0.717, 1.165) is 66.7 Å². The van der Waals surface area contributed by atoms with Crippen LogP contribution in [0.15, 0.2) is 235 Å². The van der Waals surface area contributed by atoms with E-state index in [0.29, 0.717) is 5.82 Å². The van der Waals surface area contributed by atoms with Gasteiger partial charge in [-0.2, -0.15) is 0 Å². The highest BCUT2D eigenvalue weighted by Gasteiger charge is 2.46. The van der Waals surface area contributed by atoms with Crippen molar-refractivity contribution >= 4 is 21.9 Å². The smallest absolute Gasteiger partial charge is 0.160 e. The summed E-state index contributed by atoms with van der Waals surface area (Å²) in [4.78, 5) is 10.5. The number of benzene rings is 9. The molecule has 12 rings (SSSR count). The molecule has 0 atom stereocenters. The van der Waals surface area contributed by atoms with Crippen LogP contribution in [0.1, 0.15) is 22.3 Å². The lowest BCUT2D eigenvalue weighted by molar-refractivity contribution is 0.669. The zero-order chi connectivity index (χ0) is 41.0. The Morgan fingerprint density at radius 2 is 0.758 bits per heavy atom. The predicted octanol–water partition coefficient (Wildman–Crippen LogP) is 15.1. The lowest BCUT2D eigenvalue weighted by Gasteiger charge is -2.34. The maximum absolute atomic E-state index is 6.47. The van der Waals surface area contributed by atoms with E-state index < -0.39 is 5.41 Å². The Labute approximate surface area is 360 Å². The van der Waals surface area contributed by atoms with Crippen molar-refractivity contribution in [3.05, 3.63) is 253 Å². The molecule has 0 fully saturated rings. The summed E-state index contributed by atoms with van der Waals surface area (Å²) in [6.07, 6.45) is 0. The standard InChI is InChI=1S/C59H38N2O/c1-5-15-39(16-6-1)43-29-33-50-51-34-30-44(37-57(51)62-56(50)36-43)40-25-27-41(28-26-40)54-38-55(61-58(60-54)42-17-7-2-8-18-42)45-31-32-49-48-23-13-14-24-52(48)59(53(49)35-45,46-19-9-3-10-20-46)47-21-11-4-12-22-47/h1-38H. The molecule has 1 aliphatic rings. The Morgan fingerprint density at radius 3 is 1.37 bits per heavy atom. The minimum Gasteiger partial charge on any atom is -0.456 e. The fraction of sp³-hybridized carbons (Fsp3) is 0.0169. The molecule has 62 heavy (non-hydrogen) atoms. The maximum Gasteiger partial charge on any atom is 0.160 e. The third kappa shape index (κ3) is 5.82. The second-order valence-electron chi connectivity index (χ2n) is 16.1. The molecule has 290 valence electrons. The summed E-state index contributed by atoms with van der Waals surface area (Å²) in [6, 6.07) is 82.2. The van der Waals surface area contributed by atoms with Crippen LogP contribution in [0.5, 0.6) is 0 Å². The minimum absolute atomic E-state index is 0.505. The van der Waals surface area contributed by atoms with Crippen molar-refractivity contribution in [2.45, 2.75) is 5.41 Å². The zero-order valence-corrected chi connectivity index (χ0v) is 33.7. The Morgan fingerprint density at radius 1 is 0.306 bits per heavy atom. The number of rotatable bonds is 7. The highest BCUT2D eigenvalue weighted by atomic mass is 16.3. The number of nitrogens with zero attached hydrogens (tertiary/aromatic N) is 2. The van der Waals surface area contributed by atoms with Gasteiger partial charge < -0.3 is 4.42 Å². The maximum atomic E-state index is 6.47. The van der Waals surface area contributed by atoms with Crippen LogP contribution in [0.4, 0.5) is 0 Å². The van der Waals surface area contributed by atoms with Gasteiger partial charge in [-0.3, -0.25) is 0 Å². The van der Waals surface area contributed by atoms with E-state index in [1.165, 1.54) is 38.9 Å². The molecule has 0 N–H and O–H groups in total. The van der Waals surface area contributed by atoms with Gasteiger partial charge in [0, 0.05) is 27.5 Å². The fourth-order valence-electron chi connectivity index (χ4n) is 9.66. The number of hydrogen-bond donors (Lipinski definition) is 0. The molecule has 0 saturated heterocycles. The molecule has 0 saturated carbocycles. The highest BCUT2D eigenvalue weighted by Crippen LogP contribution is 2.56. The molecule has 0 amide bonds. The molecule has 9 aromatic carbocycles. The first-order valence-corrected chi connectivity index (χ1v) is 21.1. The summed E-state index contributed by atoms with van der Waals surface area (Å²) < 4.78 is 6.47. The number of fused-ring (bicyclic) bond motifs is 6. The van der Waals surface area contributed by atoms with Gasteiger partial charge >= 0.3 is 0 Å². The molecule has 1 aliphatic carbocycles. The van der Waals surface area contributed by atoms with Crippen molar-refractivity contribution < 1.29 is 4.42 Å². The van der Waals surface area contributed by atoms with Gasteiger partial charge in [0.05, 0.1) is 16.8 Å². The van der Waals surface area contributed by atoms with Crippen LogP contribution < -0.4 is 0 Å². The van der Waals surface area contributed by atoms with Crippen LogP contribution in [-0.2, 0) is 5.41 Å². The van der Waals surface area contributed by atoms with Crippen molar-refractivity contribution in [3.8, 4) is 67.3 Å². The Kier molecular flexibility index (Phi) is 8.39. The van der Waals surface area contributed by atoms with E-state index in [9.17, 15) is 0 Å². The second-order valence-corrected chi connectivity index (χ2v) is 16.1. The molecular formula is C59H38N2O. The first kappa shape index (κ1) is 35.8. The molecule has 2 aromatic heterocycles. The molecule has 11 aromatic rings. The van der Waals surface area contributed by atoms with Crippen molar-refractivity contribution in [1.29, 1.82) is 0 Å². The van der Waals surface area contributed by atoms with Gasteiger partial charge in [-0.25, -0.2) is 9.97 Å². The Balaban J connectivity index is 0.957. The summed E-state index contributed by atoms with van der Waals surface area (Å²) in [5.41, 5.74) is 18.1.